The number of oxazole rings is 1. The van der Waals surface area contributed by atoms with Crippen molar-refractivity contribution in [2.75, 3.05) is 0 Å². The minimum absolute atomic E-state index is 0.0895. The van der Waals surface area contributed by atoms with Crippen molar-refractivity contribution in [1.82, 2.24) is 9.97 Å². The van der Waals surface area contributed by atoms with Gasteiger partial charge < -0.3 is 4.42 Å². The van der Waals surface area contributed by atoms with E-state index in [1.807, 2.05) is 12.1 Å². The first-order chi connectivity index (χ1) is 17.8. The van der Waals surface area contributed by atoms with E-state index >= 15 is 0 Å². The Bertz CT molecular complexity index is 1750. The van der Waals surface area contributed by atoms with Gasteiger partial charge in [-0.05, 0) is 52.8 Å². The fourth-order valence-corrected chi connectivity index (χ4v) is 5.71. The van der Waals surface area contributed by atoms with Gasteiger partial charge in [0, 0.05) is 22.3 Å². The van der Waals surface area contributed by atoms with E-state index < -0.39 is 0 Å². The Balaban J connectivity index is 1.48. The molecule has 0 atom stereocenters. The zero-order chi connectivity index (χ0) is 25.7. The number of aromatic nitrogens is 2. The van der Waals surface area contributed by atoms with Crippen LogP contribution in [0.3, 0.4) is 0 Å². The van der Waals surface area contributed by atoms with Crippen molar-refractivity contribution < 1.29 is 4.42 Å². The van der Waals surface area contributed by atoms with Crippen molar-refractivity contribution in [2.24, 2.45) is 0 Å². The lowest BCUT2D eigenvalue weighted by molar-refractivity contribution is 0.590. The Labute approximate surface area is 221 Å². The predicted molar refractivity (Wildman–Crippen MR) is 156 cm³/mol. The third-order valence-electron chi connectivity index (χ3n) is 6.90. The number of thiazole rings is 1. The highest BCUT2D eigenvalue weighted by Crippen LogP contribution is 2.40. The van der Waals surface area contributed by atoms with Crippen LogP contribution in [0.5, 0.6) is 0 Å². The molecular formula is C33H30N2OS. The SMILES string of the molecule is CC(C)c1cccc(-c2nc3cccc(-c4cccc5sc(-c6cccc(C(C)(C)C)c6)nc45)c3o2)c1. The zero-order valence-electron chi connectivity index (χ0n) is 21.9. The van der Waals surface area contributed by atoms with Gasteiger partial charge in [0.15, 0.2) is 5.58 Å². The number of hydrogen-bond acceptors (Lipinski definition) is 4. The Morgan fingerprint density at radius 1 is 0.757 bits per heavy atom. The molecule has 0 aliphatic heterocycles. The smallest absolute Gasteiger partial charge is 0.227 e. The molecule has 6 aromatic rings. The molecule has 6 rings (SSSR count). The Morgan fingerprint density at radius 3 is 2.30 bits per heavy atom. The summed E-state index contributed by atoms with van der Waals surface area (Å²) in [6.45, 7) is 11.1. The molecule has 0 fully saturated rings. The first kappa shape index (κ1) is 23.6. The van der Waals surface area contributed by atoms with E-state index in [9.17, 15) is 0 Å². The number of hydrogen-bond donors (Lipinski definition) is 0. The Morgan fingerprint density at radius 2 is 1.49 bits per heavy atom. The summed E-state index contributed by atoms with van der Waals surface area (Å²) in [7, 11) is 0. The third kappa shape index (κ3) is 4.36. The van der Waals surface area contributed by atoms with E-state index in [2.05, 4.69) is 107 Å². The molecule has 0 spiro atoms. The Hall–Kier alpha value is -3.76. The van der Waals surface area contributed by atoms with Gasteiger partial charge in [0.1, 0.15) is 10.5 Å². The number of rotatable bonds is 4. The molecule has 0 saturated carbocycles. The number of para-hydroxylation sites is 2. The molecule has 4 heteroatoms. The zero-order valence-corrected chi connectivity index (χ0v) is 22.7. The van der Waals surface area contributed by atoms with E-state index in [1.165, 1.54) is 11.1 Å². The van der Waals surface area contributed by atoms with Crippen molar-refractivity contribution in [1.29, 1.82) is 0 Å². The first-order valence-electron chi connectivity index (χ1n) is 12.8. The van der Waals surface area contributed by atoms with Gasteiger partial charge in [0.05, 0.1) is 10.2 Å². The molecule has 2 aromatic heterocycles. The van der Waals surface area contributed by atoms with Crippen LogP contribution in [0.1, 0.15) is 51.7 Å². The lowest BCUT2D eigenvalue weighted by Crippen LogP contribution is -2.10. The summed E-state index contributed by atoms with van der Waals surface area (Å²) in [6.07, 6.45) is 0. The molecule has 4 aromatic carbocycles. The summed E-state index contributed by atoms with van der Waals surface area (Å²) >= 11 is 1.73. The van der Waals surface area contributed by atoms with Crippen LogP contribution in [-0.2, 0) is 5.41 Å². The topological polar surface area (TPSA) is 38.9 Å². The van der Waals surface area contributed by atoms with Gasteiger partial charge in [-0.15, -0.1) is 11.3 Å². The van der Waals surface area contributed by atoms with E-state index in [-0.39, 0.29) is 5.41 Å². The fraction of sp³-hybridized carbons (Fsp3) is 0.212. The number of benzene rings is 4. The predicted octanol–water partition coefficient (Wildman–Crippen LogP) is 9.86. The summed E-state index contributed by atoms with van der Waals surface area (Å²) in [4.78, 5) is 9.99. The van der Waals surface area contributed by atoms with Crippen molar-refractivity contribution in [3.05, 3.63) is 96.1 Å². The fourth-order valence-electron chi connectivity index (χ4n) is 4.72. The summed E-state index contributed by atoms with van der Waals surface area (Å²) in [5, 5.41) is 1.03. The van der Waals surface area contributed by atoms with Gasteiger partial charge in [-0.25, -0.2) is 9.97 Å². The normalized spacial score (nSPS) is 12.2. The molecule has 2 heterocycles. The van der Waals surface area contributed by atoms with Crippen LogP contribution in [0.2, 0.25) is 0 Å². The minimum atomic E-state index is 0.0895. The monoisotopic (exact) mass is 502 g/mol. The van der Waals surface area contributed by atoms with Gasteiger partial charge in [-0.2, -0.15) is 0 Å². The maximum Gasteiger partial charge on any atom is 0.227 e. The molecule has 37 heavy (non-hydrogen) atoms. The molecule has 0 amide bonds. The van der Waals surface area contributed by atoms with Gasteiger partial charge in [0.25, 0.3) is 0 Å². The van der Waals surface area contributed by atoms with Crippen LogP contribution in [0, 0.1) is 0 Å². The van der Waals surface area contributed by atoms with Crippen LogP contribution < -0.4 is 0 Å². The van der Waals surface area contributed by atoms with Gasteiger partial charge in [-0.1, -0.05) is 89.2 Å². The molecule has 0 radical (unpaired) electrons. The van der Waals surface area contributed by atoms with Crippen LogP contribution in [0.15, 0.2) is 89.3 Å². The van der Waals surface area contributed by atoms with Crippen LogP contribution >= 0.6 is 11.3 Å². The van der Waals surface area contributed by atoms with E-state index in [1.54, 1.807) is 11.3 Å². The maximum atomic E-state index is 6.43. The third-order valence-corrected chi connectivity index (χ3v) is 7.97. The number of nitrogens with zero attached hydrogens (tertiary/aromatic N) is 2. The summed E-state index contributed by atoms with van der Waals surface area (Å²) in [5.74, 6) is 1.09. The highest BCUT2D eigenvalue weighted by molar-refractivity contribution is 7.21. The highest BCUT2D eigenvalue weighted by Gasteiger charge is 2.19. The molecule has 0 N–H and O–H groups in total. The van der Waals surface area contributed by atoms with Crippen molar-refractivity contribution >= 4 is 32.7 Å². The average molecular weight is 503 g/mol. The lowest BCUT2D eigenvalue weighted by atomic mass is 9.86. The molecule has 0 bridgehead atoms. The van der Waals surface area contributed by atoms with Gasteiger partial charge in [0.2, 0.25) is 5.89 Å². The largest absolute Gasteiger partial charge is 0.435 e. The second-order valence-corrected chi connectivity index (χ2v) is 12.0. The summed E-state index contributed by atoms with van der Waals surface area (Å²) < 4.78 is 7.59. The number of fused-ring (bicyclic) bond motifs is 2. The molecule has 0 aliphatic rings. The molecule has 184 valence electrons. The van der Waals surface area contributed by atoms with Crippen LogP contribution in [0.25, 0.3) is 54.5 Å². The highest BCUT2D eigenvalue weighted by atomic mass is 32.1. The quantitative estimate of drug-likeness (QED) is 0.241. The molecular weight excluding hydrogens is 472 g/mol. The van der Waals surface area contributed by atoms with E-state index in [4.69, 9.17) is 14.4 Å². The standard InChI is InChI=1S/C33H30N2OS/c1-20(2)21-10-6-11-22(18-21)31-34-27-16-8-15-26(30(27)36-31)25-14-9-17-28-29(25)35-32(37-28)23-12-7-13-24(19-23)33(3,4)5/h6-20H,1-5H3. The molecule has 0 unspecified atom stereocenters. The second kappa shape index (κ2) is 8.97. The van der Waals surface area contributed by atoms with Gasteiger partial charge >= 0.3 is 0 Å². The second-order valence-electron chi connectivity index (χ2n) is 11.0. The van der Waals surface area contributed by atoms with E-state index in [0.29, 0.717) is 11.8 Å². The van der Waals surface area contributed by atoms with Crippen molar-refractivity contribution in [3.8, 4) is 33.2 Å². The van der Waals surface area contributed by atoms with Gasteiger partial charge in [-0.3, -0.25) is 0 Å². The molecule has 3 nitrogen and oxygen atoms in total. The summed E-state index contributed by atoms with van der Waals surface area (Å²) in [6, 6.07) is 29.8. The lowest BCUT2D eigenvalue weighted by Gasteiger charge is -2.19. The van der Waals surface area contributed by atoms with Crippen molar-refractivity contribution in [2.45, 2.75) is 46.0 Å². The first-order valence-corrected chi connectivity index (χ1v) is 13.6. The maximum absolute atomic E-state index is 6.43. The average Bonchev–Trinajstić information content (AvgIpc) is 3.53. The van der Waals surface area contributed by atoms with Crippen molar-refractivity contribution in [3.63, 3.8) is 0 Å². The van der Waals surface area contributed by atoms with Crippen LogP contribution in [0.4, 0.5) is 0 Å². The molecule has 0 saturated heterocycles. The summed E-state index contributed by atoms with van der Waals surface area (Å²) in [5.41, 5.74) is 9.56. The minimum Gasteiger partial charge on any atom is -0.435 e. The Kier molecular flexibility index (Phi) is 5.73. The molecule has 0 aliphatic carbocycles. The van der Waals surface area contributed by atoms with Crippen LogP contribution in [-0.4, -0.2) is 9.97 Å². The van der Waals surface area contributed by atoms with E-state index in [0.717, 1.165) is 48.6 Å².